The summed E-state index contributed by atoms with van der Waals surface area (Å²) in [7, 11) is 0. The second-order valence-electron chi connectivity index (χ2n) is 10.9. The van der Waals surface area contributed by atoms with Crippen molar-refractivity contribution in [3.63, 3.8) is 0 Å². The molecular weight excluding hydrogens is 432 g/mol. The van der Waals surface area contributed by atoms with Gasteiger partial charge < -0.3 is 28.4 Å². The minimum absolute atomic E-state index is 0.242. The fraction of sp³-hybridized carbons (Fsp3) is 0.786. The van der Waals surface area contributed by atoms with Gasteiger partial charge in [-0.3, -0.25) is 0 Å². The van der Waals surface area contributed by atoms with Gasteiger partial charge >= 0.3 is 0 Å². The molecule has 0 N–H and O–H groups in total. The molecular formula is C28H40O6. The van der Waals surface area contributed by atoms with Crippen LogP contribution >= 0.6 is 0 Å². The Morgan fingerprint density at radius 1 is 0.676 bits per heavy atom. The van der Waals surface area contributed by atoms with E-state index in [1.807, 2.05) is 0 Å². The van der Waals surface area contributed by atoms with Crippen LogP contribution in [0, 0.1) is 11.8 Å². The molecule has 3 saturated heterocycles. The molecule has 3 aliphatic carbocycles. The zero-order valence-electron chi connectivity index (χ0n) is 20.3. The van der Waals surface area contributed by atoms with Gasteiger partial charge in [0, 0.05) is 5.92 Å². The molecule has 7 atom stereocenters. The lowest BCUT2D eigenvalue weighted by atomic mass is 9.70. The lowest BCUT2D eigenvalue weighted by Crippen LogP contribution is -2.29. The maximum atomic E-state index is 6.10. The molecule has 3 fully saturated rings. The number of hydrogen-bond donors (Lipinski definition) is 0. The molecule has 6 rings (SSSR count). The molecule has 188 valence electrons. The Kier molecular flexibility index (Phi) is 7.52. The summed E-state index contributed by atoms with van der Waals surface area (Å²) in [6.45, 7) is 4.85. The van der Waals surface area contributed by atoms with E-state index < -0.39 is 0 Å². The first-order valence-corrected chi connectivity index (χ1v) is 13.6. The third-order valence-electron chi connectivity index (χ3n) is 8.12. The summed E-state index contributed by atoms with van der Waals surface area (Å²) < 4.78 is 34.2. The van der Waals surface area contributed by atoms with E-state index in [9.17, 15) is 0 Å². The smallest absolute Gasteiger partial charge is 0.104 e. The van der Waals surface area contributed by atoms with Gasteiger partial charge in [-0.05, 0) is 57.3 Å². The first-order chi connectivity index (χ1) is 16.8. The van der Waals surface area contributed by atoms with Gasteiger partial charge in [0.1, 0.15) is 18.3 Å². The van der Waals surface area contributed by atoms with Gasteiger partial charge in [0.05, 0.1) is 58.0 Å². The highest BCUT2D eigenvalue weighted by atomic mass is 16.6. The van der Waals surface area contributed by atoms with Crippen LogP contribution in [0.3, 0.4) is 0 Å². The molecule has 0 aromatic rings. The van der Waals surface area contributed by atoms with Crippen LogP contribution in [0.4, 0.5) is 0 Å². The summed E-state index contributed by atoms with van der Waals surface area (Å²) >= 11 is 0. The first-order valence-electron chi connectivity index (χ1n) is 13.6. The summed E-state index contributed by atoms with van der Waals surface area (Å²) in [5, 5.41) is 0. The zero-order chi connectivity index (χ0) is 22.7. The molecule has 3 heterocycles. The molecule has 0 aromatic carbocycles. The van der Waals surface area contributed by atoms with E-state index >= 15 is 0 Å². The average molecular weight is 473 g/mol. The van der Waals surface area contributed by atoms with Crippen molar-refractivity contribution in [1.29, 1.82) is 0 Å². The van der Waals surface area contributed by atoms with Gasteiger partial charge in [-0.25, -0.2) is 0 Å². The number of allylic oxidation sites excluding steroid dienone is 3. The van der Waals surface area contributed by atoms with E-state index in [-0.39, 0.29) is 6.10 Å². The molecule has 6 aliphatic rings. The van der Waals surface area contributed by atoms with Crippen molar-refractivity contribution in [2.75, 3.05) is 39.6 Å². The first kappa shape index (κ1) is 23.4. The topological polar surface area (TPSA) is 65.3 Å². The van der Waals surface area contributed by atoms with Crippen LogP contribution in [-0.4, -0.2) is 76.3 Å². The molecule has 0 bridgehead atoms. The summed E-state index contributed by atoms with van der Waals surface area (Å²) in [6, 6.07) is 0. The predicted molar refractivity (Wildman–Crippen MR) is 128 cm³/mol. The number of epoxide rings is 3. The Morgan fingerprint density at radius 3 is 1.62 bits per heavy atom. The van der Waals surface area contributed by atoms with Gasteiger partial charge in [0.2, 0.25) is 0 Å². The third-order valence-corrected chi connectivity index (χ3v) is 8.12. The van der Waals surface area contributed by atoms with Gasteiger partial charge in [0.25, 0.3) is 0 Å². The fourth-order valence-corrected chi connectivity index (χ4v) is 5.76. The monoisotopic (exact) mass is 472 g/mol. The van der Waals surface area contributed by atoms with Crippen molar-refractivity contribution in [3.05, 3.63) is 35.5 Å². The standard InChI is InChI=1S/C28H40O6/c1-7-22(29-13-25-16-32-25)8-2-19(1)28(20-3-9-23(10-4-20)30-14-26-17-33-26)21-5-11-24(12-6-21)31-15-27-18-34-27/h1,3,5,7,19,22-28H,2,4,6,8-18H2. The van der Waals surface area contributed by atoms with Gasteiger partial charge in [-0.1, -0.05) is 35.5 Å². The summed E-state index contributed by atoms with van der Waals surface area (Å²) in [5.41, 5.74) is 3.25. The van der Waals surface area contributed by atoms with Crippen LogP contribution in [0.2, 0.25) is 0 Å². The quantitative estimate of drug-likeness (QED) is 0.314. The van der Waals surface area contributed by atoms with E-state index in [0.717, 1.165) is 84.6 Å². The van der Waals surface area contributed by atoms with E-state index in [4.69, 9.17) is 28.4 Å². The van der Waals surface area contributed by atoms with Crippen molar-refractivity contribution in [3.8, 4) is 0 Å². The lowest BCUT2D eigenvalue weighted by molar-refractivity contribution is 0.0336. The van der Waals surface area contributed by atoms with Crippen LogP contribution in [0.15, 0.2) is 35.5 Å². The molecule has 0 radical (unpaired) electrons. The van der Waals surface area contributed by atoms with Crippen molar-refractivity contribution in [1.82, 2.24) is 0 Å². The Labute approximate surface area is 203 Å². The largest absolute Gasteiger partial charge is 0.375 e. The molecule has 3 aliphatic heterocycles. The van der Waals surface area contributed by atoms with Crippen molar-refractivity contribution in [2.45, 2.75) is 88.0 Å². The van der Waals surface area contributed by atoms with Gasteiger partial charge in [0.15, 0.2) is 0 Å². The second kappa shape index (κ2) is 10.9. The minimum Gasteiger partial charge on any atom is -0.375 e. The van der Waals surface area contributed by atoms with E-state index in [0.29, 0.717) is 42.4 Å². The lowest BCUT2D eigenvalue weighted by Gasteiger charge is -2.37. The van der Waals surface area contributed by atoms with Gasteiger partial charge in [-0.2, -0.15) is 0 Å². The molecule has 0 saturated carbocycles. The molecule has 0 aromatic heterocycles. The Bertz CT molecular complexity index is 734. The van der Waals surface area contributed by atoms with Crippen LogP contribution in [-0.2, 0) is 28.4 Å². The Morgan fingerprint density at radius 2 is 1.21 bits per heavy atom. The van der Waals surface area contributed by atoms with Crippen molar-refractivity contribution >= 4 is 0 Å². The molecule has 0 amide bonds. The zero-order valence-corrected chi connectivity index (χ0v) is 20.3. The normalized spacial score (nSPS) is 39.8. The third kappa shape index (κ3) is 6.59. The van der Waals surface area contributed by atoms with E-state index in [2.05, 4.69) is 24.3 Å². The molecule has 6 heteroatoms. The SMILES string of the molecule is C1=CC(C(C2=CCC(OCC3CO3)CC2)C2=CCC(OCC3CO3)CC2)CCC1OCC1CO1. The number of hydrogen-bond acceptors (Lipinski definition) is 6. The molecule has 0 spiro atoms. The average Bonchev–Trinajstić information content (AvgIpc) is 3.73. The highest BCUT2D eigenvalue weighted by Crippen LogP contribution is 2.43. The number of ether oxygens (including phenoxy) is 6. The summed E-state index contributed by atoms with van der Waals surface area (Å²) in [4.78, 5) is 0. The minimum atomic E-state index is 0.242. The maximum Gasteiger partial charge on any atom is 0.104 e. The Hall–Kier alpha value is -1.02. The van der Waals surface area contributed by atoms with Crippen molar-refractivity contribution < 1.29 is 28.4 Å². The number of rotatable bonds is 12. The maximum absolute atomic E-state index is 6.10. The van der Waals surface area contributed by atoms with Gasteiger partial charge in [-0.15, -0.1) is 0 Å². The second-order valence-corrected chi connectivity index (χ2v) is 10.9. The summed E-state index contributed by atoms with van der Waals surface area (Å²) in [5.74, 6) is 1.08. The predicted octanol–water partition coefficient (Wildman–Crippen LogP) is 4.14. The molecule has 7 unspecified atom stereocenters. The fourth-order valence-electron chi connectivity index (χ4n) is 5.76. The Balaban J connectivity index is 1.10. The summed E-state index contributed by atoms with van der Waals surface area (Å²) in [6.07, 6.45) is 20.6. The highest BCUT2D eigenvalue weighted by Gasteiger charge is 2.34. The highest BCUT2D eigenvalue weighted by molar-refractivity contribution is 5.28. The molecule has 6 nitrogen and oxygen atoms in total. The van der Waals surface area contributed by atoms with Crippen LogP contribution in [0.25, 0.3) is 0 Å². The van der Waals surface area contributed by atoms with E-state index in [1.54, 1.807) is 11.1 Å². The van der Waals surface area contributed by atoms with Crippen molar-refractivity contribution in [2.24, 2.45) is 11.8 Å². The van der Waals surface area contributed by atoms with Crippen LogP contribution in [0.5, 0.6) is 0 Å². The van der Waals surface area contributed by atoms with Crippen LogP contribution in [0.1, 0.15) is 51.4 Å². The van der Waals surface area contributed by atoms with E-state index in [1.165, 1.54) is 6.42 Å². The molecule has 34 heavy (non-hydrogen) atoms. The van der Waals surface area contributed by atoms with Crippen LogP contribution < -0.4 is 0 Å².